The zero-order valence-electron chi connectivity index (χ0n) is 6.23. The Balaban J connectivity index is 2.52. The number of rotatable bonds is 2. The number of hydrogen-bond donors (Lipinski definition) is 2. The van der Waals surface area contributed by atoms with E-state index in [9.17, 15) is 4.79 Å². The molecular weight excluding hydrogens is 166 g/mol. The molecular formula is C6H11NO3S. The Labute approximate surface area is 69.1 Å². The van der Waals surface area contributed by atoms with Gasteiger partial charge in [0.25, 0.3) is 5.91 Å². The number of amides is 1. The number of nitrogens with zero attached hydrogens (tertiary/aromatic N) is 1. The van der Waals surface area contributed by atoms with E-state index >= 15 is 0 Å². The van der Waals surface area contributed by atoms with Crippen molar-refractivity contribution in [3.05, 3.63) is 0 Å². The minimum absolute atomic E-state index is 0.264. The third-order valence-electron chi connectivity index (χ3n) is 1.58. The highest BCUT2D eigenvalue weighted by Gasteiger charge is 2.37. The summed E-state index contributed by atoms with van der Waals surface area (Å²) in [4.78, 5) is 11.0. The van der Waals surface area contributed by atoms with E-state index in [1.165, 1.54) is 11.8 Å². The minimum atomic E-state index is -1.01. The summed E-state index contributed by atoms with van der Waals surface area (Å²) in [6.45, 7) is 1.93. The average molecular weight is 177 g/mol. The van der Waals surface area contributed by atoms with Crippen molar-refractivity contribution in [1.29, 1.82) is 0 Å². The van der Waals surface area contributed by atoms with Crippen molar-refractivity contribution in [1.82, 2.24) is 5.06 Å². The molecule has 1 amide bonds. The van der Waals surface area contributed by atoms with Gasteiger partial charge in [-0.15, -0.1) is 11.8 Å². The number of aliphatic hydroxyl groups is 1. The Hall–Kier alpha value is -0.260. The van der Waals surface area contributed by atoms with Crippen molar-refractivity contribution >= 4 is 17.7 Å². The molecule has 1 saturated heterocycles. The van der Waals surface area contributed by atoms with E-state index in [0.29, 0.717) is 11.5 Å². The van der Waals surface area contributed by atoms with Gasteiger partial charge in [-0.2, -0.15) is 5.06 Å². The lowest BCUT2D eigenvalue weighted by atomic mass is 10.3. The lowest BCUT2D eigenvalue weighted by molar-refractivity contribution is -0.189. The number of carbonyl (C=O) groups excluding carboxylic acids is 1. The maximum absolute atomic E-state index is 11.0. The SMILES string of the molecule is CCSC1CC(O)N(O)C1=O. The topological polar surface area (TPSA) is 60.8 Å². The van der Waals surface area contributed by atoms with Gasteiger partial charge >= 0.3 is 0 Å². The van der Waals surface area contributed by atoms with E-state index in [1.807, 2.05) is 6.92 Å². The Kier molecular flexibility index (Phi) is 2.75. The van der Waals surface area contributed by atoms with Gasteiger partial charge in [-0.25, -0.2) is 0 Å². The average Bonchev–Trinajstić information content (AvgIpc) is 2.19. The summed E-state index contributed by atoms with van der Waals surface area (Å²) in [5.41, 5.74) is 0. The lowest BCUT2D eigenvalue weighted by Gasteiger charge is -2.09. The summed E-state index contributed by atoms with van der Waals surface area (Å²) in [5, 5.41) is 18.0. The normalized spacial score (nSPS) is 31.5. The molecule has 1 fully saturated rings. The monoisotopic (exact) mass is 177 g/mol. The lowest BCUT2D eigenvalue weighted by Crippen LogP contribution is -2.30. The minimum Gasteiger partial charge on any atom is -0.371 e. The summed E-state index contributed by atoms with van der Waals surface area (Å²) in [7, 11) is 0. The predicted molar refractivity (Wildman–Crippen MR) is 41.2 cm³/mol. The first-order chi connectivity index (χ1) is 5.16. The second-order valence-corrected chi connectivity index (χ2v) is 3.82. The number of carbonyl (C=O) groups is 1. The van der Waals surface area contributed by atoms with E-state index in [1.54, 1.807) is 0 Å². The maximum Gasteiger partial charge on any atom is 0.261 e. The quantitative estimate of drug-likeness (QED) is 0.585. The van der Waals surface area contributed by atoms with Crippen LogP contribution in [0.2, 0.25) is 0 Å². The van der Waals surface area contributed by atoms with Gasteiger partial charge in [0.05, 0.1) is 5.25 Å². The number of thioether (sulfide) groups is 1. The molecule has 0 aromatic carbocycles. The highest BCUT2D eigenvalue weighted by Crippen LogP contribution is 2.25. The molecule has 2 atom stereocenters. The van der Waals surface area contributed by atoms with Gasteiger partial charge in [-0.1, -0.05) is 6.92 Å². The highest BCUT2D eigenvalue weighted by atomic mass is 32.2. The molecule has 2 unspecified atom stereocenters. The van der Waals surface area contributed by atoms with E-state index in [-0.39, 0.29) is 11.2 Å². The predicted octanol–water partition coefficient (Wildman–Crippen LogP) is 0.0480. The largest absolute Gasteiger partial charge is 0.371 e. The molecule has 2 N–H and O–H groups in total. The Morgan fingerprint density at radius 3 is 2.82 bits per heavy atom. The molecule has 4 nitrogen and oxygen atoms in total. The molecule has 0 aliphatic carbocycles. The van der Waals surface area contributed by atoms with E-state index < -0.39 is 6.23 Å². The van der Waals surface area contributed by atoms with Gasteiger partial charge in [-0.05, 0) is 5.75 Å². The van der Waals surface area contributed by atoms with Gasteiger partial charge in [0.15, 0.2) is 6.23 Å². The summed E-state index contributed by atoms with van der Waals surface area (Å²) < 4.78 is 0. The van der Waals surface area contributed by atoms with Gasteiger partial charge in [0.1, 0.15) is 0 Å². The van der Waals surface area contributed by atoms with E-state index in [4.69, 9.17) is 10.3 Å². The summed E-state index contributed by atoms with van der Waals surface area (Å²) in [5.74, 6) is 0.432. The molecule has 1 rings (SSSR count). The van der Waals surface area contributed by atoms with Crippen molar-refractivity contribution < 1.29 is 15.1 Å². The van der Waals surface area contributed by atoms with Crippen molar-refractivity contribution in [3.63, 3.8) is 0 Å². The van der Waals surface area contributed by atoms with Gasteiger partial charge in [0, 0.05) is 6.42 Å². The van der Waals surface area contributed by atoms with Gasteiger partial charge in [-0.3, -0.25) is 10.0 Å². The molecule has 5 heteroatoms. The second-order valence-electron chi connectivity index (χ2n) is 2.34. The van der Waals surface area contributed by atoms with Crippen LogP contribution in [0.3, 0.4) is 0 Å². The highest BCUT2D eigenvalue weighted by molar-refractivity contribution is 8.00. The van der Waals surface area contributed by atoms with Crippen LogP contribution in [0.15, 0.2) is 0 Å². The van der Waals surface area contributed by atoms with Crippen LogP contribution in [0.1, 0.15) is 13.3 Å². The molecule has 1 heterocycles. The molecule has 1 aliphatic rings. The van der Waals surface area contributed by atoms with Crippen molar-refractivity contribution in [2.75, 3.05) is 5.75 Å². The van der Waals surface area contributed by atoms with Crippen LogP contribution in [0.4, 0.5) is 0 Å². The summed E-state index contributed by atoms with van der Waals surface area (Å²) in [6, 6.07) is 0. The molecule has 0 aromatic rings. The van der Waals surface area contributed by atoms with Crippen molar-refractivity contribution in [3.8, 4) is 0 Å². The van der Waals surface area contributed by atoms with Gasteiger partial charge < -0.3 is 5.11 Å². The summed E-state index contributed by atoms with van der Waals surface area (Å²) in [6.07, 6.45) is -0.681. The first-order valence-electron chi connectivity index (χ1n) is 3.48. The van der Waals surface area contributed by atoms with E-state index in [0.717, 1.165) is 5.75 Å². The fraction of sp³-hybridized carbons (Fsp3) is 0.833. The Morgan fingerprint density at radius 1 is 1.82 bits per heavy atom. The van der Waals surface area contributed by atoms with Crippen LogP contribution in [-0.4, -0.2) is 38.5 Å². The standard InChI is InChI=1S/C6H11NO3S/c1-2-11-4-3-5(8)7(10)6(4)9/h4-5,8,10H,2-3H2,1H3. The third kappa shape index (κ3) is 1.66. The number of aliphatic hydroxyl groups excluding tert-OH is 1. The smallest absolute Gasteiger partial charge is 0.261 e. The van der Waals surface area contributed by atoms with Crippen LogP contribution in [0.5, 0.6) is 0 Å². The first-order valence-corrected chi connectivity index (χ1v) is 4.53. The molecule has 0 spiro atoms. The maximum atomic E-state index is 11.0. The Bertz CT molecular complexity index is 164. The zero-order valence-corrected chi connectivity index (χ0v) is 7.04. The Morgan fingerprint density at radius 2 is 2.45 bits per heavy atom. The fourth-order valence-electron chi connectivity index (χ4n) is 1.03. The molecule has 0 radical (unpaired) electrons. The first kappa shape index (κ1) is 8.83. The molecule has 0 saturated carbocycles. The number of hydrogen-bond acceptors (Lipinski definition) is 4. The molecule has 64 valence electrons. The van der Waals surface area contributed by atoms with Crippen LogP contribution in [0.25, 0.3) is 0 Å². The molecule has 0 bridgehead atoms. The fourth-order valence-corrected chi connectivity index (χ4v) is 1.99. The van der Waals surface area contributed by atoms with Crippen LogP contribution < -0.4 is 0 Å². The van der Waals surface area contributed by atoms with E-state index in [2.05, 4.69) is 0 Å². The second kappa shape index (κ2) is 3.42. The van der Waals surface area contributed by atoms with Gasteiger partial charge in [0.2, 0.25) is 0 Å². The van der Waals surface area contributed by atoms with Crippen molar-refractivity contribution in [2.45, 2.75) is 24.8 Å². The zero-order chi connectivity index (χ0) is 8.43. The number of hydroxylamine groups is 2. The molecule has 0 aromatic heterocycles. The summed E-state index contributed by atoms with van der Waals surface area (Å²) >= 11 is 1.44. The van der Waals surface area contributed by atoms with Crippen LogP contribution in [0, 0.1) is 0 Å². The van der Waals surface area contributed by atoms with Crippen LogP contribution >= 0.6 is 11.8 Å². The van der Waals surface area contributed by atoms with Crippen molar-refractivity contribution in [2.24, 2.45) is 0 Å². The van der Waals surface area contributed by atoms with Crippen LogP contribution in [-0.2, 0) is 4.79 Å². The molecule has 11 heavy (non-hydrogen) atoms. The molecule has 1 aliphatic heterocycles. The third-order valence-corrected chi connectivity index (χ3v) is 2.71.